The van der Waals surface area contributed by atoms with Crippen molar-refractivity contribution in [2.45, 2.75) is 0 Å². The van der Waals surface area contributed by atoms with E-state index in [4.69, 9.17) is 0 Å². The first-order valence-electron chi connectivity index (χ1n) is 6.43. The molecule has 20 heavy (non-hydrogen) atoms. The topological polar surface area (TPSA) is 34.1 Å². The van der Waals surface area contributed by atoms with Crippen molar-refractivity contribution in [3.8, 4) is 0 Å². The molecule has 0 aromatic heterocycles. The van der Waals surface area contributed by atoms with Gasteiger partial charge in [0.2, 0.25) is 0 Å². The van der Waals surface area contributed by atoms with Gasteiger partial charge in [0.1, 0.15) is 0 Å². The van der Waals surface area contributed by atoms with Gasteiger partial charge < -0.3 is 0 Å². The van der Waals surface area contributed by atoms with Crippen LogP contribution in [0.5, 0.6) is 0 Å². The van der Waals surface area contributed by atoms with Gasteiger partial charge in [0.05, 0.1) is 0 Å². The standard InChI is InChI=1S/C17H9BO2/c1-18-15-10-6-3-2-5-9(10)14-13-11(15)7-4-8-12(13)16(19)17(14)20/h2-8H,1H2. The van der Waals surface area contributed by atoms with Crippen LogP contribution in [0.15, 0.2) is 42.5 Å². The Morgan fingerprint density at radius 2 is 1.50 bits per heavy atom. The third-order valence-corrected chi connectivity index (χ3v) is 3.97. The number of hydrogen-bond donors (Lipinski definition) is 0. The predicted octanol–water partition coefficient (Wildman–Crippen LogP) is 2.13. The van der Waals surface area contributed by atoms with Crippen molar-refractivity contribution in [3.05, 3.63) is 53.6 Å². The zero-order valence-electron chi connectivity index (χ0n) is 10.6. The van der Waals surface area contributed by atoms with Crippen molar-refractivity contribution in [3.63, 3.8) is 0 Å². The molecular weight excluding hydrogens is 247 g/mol. The average molecular weight is 256 g/mol. The number of rotatable bonds is 1. The quantitative estimate of drug-likeness (QED) is 0.379. The summed E-state index contributed by atoms with van der Waals surface area (Å²) in [6, 6.07) is 13.2. The Morgan fingerprint density at radius 1 is 0.800 bits per heavy atom. The molecule has 0 aliphatic heterocycles. The molecule has 1 aliphatic carbocycles. The minimum absolute atomic E-state index is 0.400. The van der Waals surface area contributed by atoms with Gasteiger partial charge in [-0.15, -0.1) is 0 Å². The zero-order chi connectivity index (χ0) is 13.9. The minimum atomic E-state index is -0.406. The van der Waals surface area contributed by atoms with Crippen LogP contribution in [0.1, 0.15) is 20.7 Å². The summed E-state index contributed by atoms with van der Waals surface area (Å²) in [4.78, 5) is 24.5. The summed E-state index contributed by atoms with van der Waals surface area (Å²) in [5, 5.41) is 3.49. The van der Waals surface area contributed by atoms with Crippen molar-refractivity contribution in [1.82, 2.24) is 0 Å². The molecule has 0 saturated carbocycles. The van der Waals surface area contributed by atoms with Crippen LogP contribution >= 0.6 is 0 Å². The van der Waals surface area contributed by atoms with Gasteiger partial charge in [-0.25, -0.2) is 0 Å². The molecule has 0 amide bonds. The Labute approximate surface area is 115 Å². The fourth-order valence-electron chi connectivity index (χ4n) is 3.14. The zero-order valence-corrected chi connectivity index (χ0v) is 10.6. The molecule has 0 N–H and O–H groups in total. The van der Waals surface area contributed by atoms with Gasteiger partial charge in [0, 0.05) is 0 Å². The van der Waals surface area contributed by atoms with Crippen LogP contribution in [0.2, 0.25) is 0 Å². The van der Waals surface area contributed by atoms with Gasteiger partial charge in [-0.2, -0.15) is 0 Å². The molecule has 92 valence electrons. The predicted molar refractivity (Wildman–Crippen MR) is 82.6 cm³/mol. The normalized spacial score (nSPS) is 13.2. The molecule has 0 heterocycles. The summed E-state index contributed by atoms with van der Waals surface area (Å²) in [7, 11) is 0. The molecule has 0 spiro atoms. The number of benzene rings is 3. The van der Waals surface area contributed by atoms with Crippen LogP contribution in [0, 0.1) is 0 Å². The summed E-state index contributed by atoms with van der Waals surface area (Å²) in [6.45, 7) is 5.67. The number of carbonyl (C=O) groups is 2. The molecular formula is C17H9BO2. The number of fused-ring (bicyclic) bond motifs is 2. The van der Waals surface area contributed by atoms with Crippen LogP contribution < -0.4 is 5.46 Å². The molecule has 0 unspecified atom stereocenters. The van der Waals surface area contributed by atoms with E-state index < -0.39 is 11.6 Å². The molecule has 2 nitrogen and oxygen atoms in total. The van der Waals surface area contributed by atoms with Crippen molar-refractivity contribution >= 4 is 52.0 Å². The van der Waals surface area contributed by atoms with Gasteiger partial charge in [-0.1, -0.05) is 0 Å². The summed E-state index contributed by atoms with van der Waals surface area (Å²) in [5.74, 6) is -0.806. The monoisotopic (exact) mass is 256 g/mol. The van der Waals surface area contributed by atoms with Crippen LogP contribution in [0.4, 0.5) is 0 Å². The Kier molecular flexibility index (Phi) is 2.11. The Bertz CT molecular complexity index is 954. The number of ketones is 2. The van der Waals surface area contributed by atoms with E-state index in [1.807, 2.05) is 36.4 Å². The van der Waals surface area contributed by atoms with Gasteiger partial charge in [0.15, 0.2) is 0 Å². The van der Waals surface area contributed by atoms with Crippen molar-refractivity contribution in [2.75, 3.05) is 0 Å². The Balaban J connectivity index is 2.43. The van der Waals surface area contributed by atoms with E-state index in [9.17, 15) is 9.59 Å². The van der Waals surface area contributed by atoms with Crippen LogP contribution in [-0.2, 0) is 0 Å². The van der Waals surface area contributed by atoms with E-state index in [2.05, 4.69) is 6.47 Å². The number of hydrogen-bond acceptors (Lipinski definition) is 2. The SMILES string of the molecule is C=Bc1c2ccccc2c2c3c(cccc13)C(=O)C2=O. The van der Waals surface area contributed by atoms with Gasteiger partial charge >= 0.3 is 115 Å². The molecule has 3 heteroatoms. The molecule has 0 atom stereocenters. The van der Waals surface area contributed by atoms with E-state index in [1.165, 1.54) is 0 Å². The van der Waals surface area contributed by atoms with E-state index in [0.29, 0.717) is 11.1 Å². The number of carbonyl (C=O) groups excluding carboxylic acids is 2. The van der Waals surface area contributed by atoms with Gasteiger partial charge in [-0.05, 0) is 0 Å². The van der Waals surface area contributed by atoms with Crippen LogP contribution in [0.3, 0.4) is 0 Å². The van der Waals surface area contributed by atoms with E-state index in [0.717, 1.165) is 27.0 Å². The van der Waals surface area contributed by atoms with E-state index in [1.54, 1.807) is 13.0 Å². The molecule has 0 radical (unpaired) electrons. The third kappa shape index (κ3) is 1.17. The van der Waals surface area contributed by atoms with Crippen molar-refractivity contribution in [1.29, 1.82) is 0 Å². The average Bonchev–Trinajstić information content (AvgIpc) is 2.74. The molecule has 4 rings (SSSR count). The van der Waals surface area contributed by atoms with E-state index in [-0.39, 0.29) is 0 Å². The van der Waals surface area contributed by atoms with Crippen molar-refractivity contribution in [2.24, 2.45) is 0 Å². The molecule has 0 bridgehead atoms. The summed E-state index contributed by atoms with van der Waals surface area (Å²) in [6.07, 6.45) is 0. The van der Waals surface area contributed by atoms with E-state index >= 15 is 0 Å². The maximum atomic E-state index is 12.3. The third-order valence-electron chi connectivity index (χ3n) is 3.97. The Morgan fingerprint density at radius 3 is 2.25 bits per heavy atom. The molecule has 3 aromatic rings. The number of Topliss-reactive ketones (excluding diaryl/α,β-unsaturated/α-hetero) is 2. The molecule has 3 aromatic carbocycles. The van der Waals surface area contributed by atoms with Crippen LogP contribution in [0.25, 0.3) is 21.5 Å². The summed E-state index contributed by atoms with van der Waals surface area (Å²) in [5.41, 5.74) is 2.03. The summed E-state index contributed by atoms with van der Waals surface area (Å²) >= 11 is 0. The first-order valence-corrected chi connectivity index (χ1v) is 6.43. The first kappa shape index (κ1) is 11.3. The molecule has 0 saturated heterocycles. The Hall–Kier alpha value is -2.55. The second kappa shape index (κ2) is 3.73. The molecule has 0 fully saturated rings. The fourth-order valence-corrected chi connectivity index (χ4v) is 3.14. The van der Waals surface area contributed by atoms with Gasteiger partial charge in [-0.3, -0.25) is 0 Å². The molecule has 1 aliphatic rings. The van der Waals surface area contributed by atoms with Crippen LogP contribution in [-0.4, -0.2) is 25.0 Å². The fraction of sp³-hybridized carbons (Fsp3) is 0. The van der Waals surface area contributed by atoms with Gasteiger partial charge in [0.25, 0.3) is 0 Å². The second-order valence-electron chi connectivity index (χ2n) is 4.92. The first-order chi connectivity index (χ1) is 9.74. The maximum absolute atomic E-state index is 12.3. The second-order valence-corrected chi connectivity index (χ2v) is 4.92. The summed E-state index contributed by atoms with van der Waals surface area (Å²) < 4.78 is 0. The van der Waals surface area contributed by atoms with Crippen molar-refractivity contribution < 1.29 is 9.59 Å².